The number of aliphatic hydroxyl groups excluding tert-OH is 2. The molecule has 1 aliphatic heterocycles. The monoisotopic (exact) mass is 364 g/mol. The zero-order valence-corrected chi connectivity index (χ0v) is 14.2. The number of rotatable bonds is 3. The summed E-state index contributed by atoms with van der Waals surface area (Å²) in [6.45, 7) is 0.766. The maximum absolute atomic E-state index is 15.1. The molecule has 4 rings (SSSR count). The minimum Gasteiger partial charge on any atom is -0.394 e. The normalized spacial score (nSPS) is 29.5. The molecule has 1 saturated heterocycles. The van der Waals surface area contributed by atoms with Gasteiger partial charge in [0.1, 0.15) is 17.9 Å². The molecule has 9 heteroatoms. The minimum atomic E-state index is -2.10. The van der Waals surface area contributed by atoms with Crippen LogP contribution < -0.4 is 5.73 Å². The third-order valence-corrected chi connectivity index (χ3v) is 5.22. The molecule has 132 valence electrons. The Labute approximate surface area is 146 Å². The van der Waals surface area contributed by atoms with E-state index < -0.39 is 30.7 Å². The number of hydrogen-bond donors (Lipinski definition) is 3. The fourth-order valence-electron chi connectivity index (χ4n) is 3.22. The van der Waals surface area contributed by atoms with E-state index in [0.29, 0.717) is 16.7 Å². The summed E-state index contributed by atoms with van der Waals surface area (Å²) in [5, 5.41) is 24.0. The van der Waals surface area contributed by atoms with Gasteiger partial charge < -0.3 is 25.3 Å². The molecule has 0 amide bonds. The van der Waals surface area contributed by atoms with Crippen LogP contribution in [0.4, 0.5) is 10.3 Å². The molecule has 3 aromatic rings. The largest absolute Gasteiger partial charge is 0.394 e. The lowest BCUT2D eigenvalue weighted by Crippen LogP contribution is -2.40. The molecule has 0 aliphatic carbocycles. The van der Waals surface area contributed by atoms with E-state index in [1.54, 1.807) is 12.3 Å². The van der Waals surface area contributed by atoms with Crippen LogP contribution in [0.5, 0.6) is 0 Å². The van der Waals surface area contributed by atoms with Crippen molar-refractivity contribution in [1.29, 1.82) is 0 Å². The van der Waals surface area contributed by atoms with Gasteiger partial charge in [-0.2, -0.15) is 16.3 Å². The quantitative estimate of drug-likeness (QED) is 0.653. The molecule has 4 N–H and O–H groups in total. The van der Waals surface area contributed by atoms with Crippen LogP contribution >= 0.6 is 11.3 Å². The molecular weight excluding hydrogens is 347 g/mol. The number of ether oxygens (including phenoxy) is 1. The molecule has 0 spiro atoms. The molecule has 0 bridgehead atoms. The van der Waals surface area contributed by atoms with E-state index in [1.807, 2.05) is 16.8 Å². The SMILES string of the molecule is C[C@@]1(F)C(O)C(CO)OC1n1ccc2c(-c3ccsc3)nc(N)nc21. The van der Waals surface area contributed by atoms with Crippen LogP contribution in [-0.4, -0.2) is 49.2 Å². The maximum atomic E-state index is 15.1. The van der Waals surface area contributed by atoms with Crippen molar-refractivity contribution in [2.45, 2.75) is 31.0 Å². The van der Waals surface area contributed by atoms with Gasteiger partial charge >= 0.3 is 0 Å². The van der Waals surface area contributed by atoms with Crippen molar-refractivity contribution in [3.05, 3.63) is 29.1 Å². The summed E-state index contributed by atoms with van der Waals surface area (Å²) >= 11 is 1.53. The van der Waals surface area contributed by atoms with Gasteiger partial charge in [0.05, 0.1) is 12.3 Å². The Morgan fingerprint density at radius 3 is 2.88 bits per heavy atom. The second-order valence-electron chi connectivity index (χ2n) is 6.21. The van der Waals surface area contributed by atoms with Crippen molar-refractivity contribution >= 4 is 28.3 Å². The topological polar surface area (TPSA) is 106 Å². The number of alkyl halides is 1. The molecule has 3 aromatic heterocycles. The average molecular weight is 364 g/mol. The van der Waals surface area contributed by atoms with Gasteiger partial charge in [0.25, 0.3) is 0 Å². The summed E-state index contributed by atoms with van der Waals surface area (Å²) in [6, 6.07) is 3.68. The highest BCUT2D eigenvalue weighted by Gasteiger charge is 2.55. The molecular formula is C16H17FN4O3S. The van der Waals surface area contributed by atoms with Crippen molar-refractivity contribution in [2.75, 3.05) is 12.3 Å². The van der Waals surface area contributed by atoms with Crippen LogP contribution in [0.2, 0.25) is 0 Å². The second kappa shape index (κ2) is 5.73. The Morgan fingerprint density at radius 1 is 1.44 bits per heavy atom. The van der Waals surface area contributed by atoms with Gasteiger partial charge in [-0.05, 0) is 24.4 Å². The van der Waals surface area contributed by atoms with E-state index in [0.717, 1.165) is 5.56 Å². The van der Waals surface area contributed by atoms with E-state index in [4.69, 9.17) is 10.5 Å². The van der Waals surface area contributed by atoms with Gasteiger partial charge in [-0.25, -0.2) is 9.37 Å². The molecule has 4 atom stereocenters. The predicted octanol–water partition coefficient (Wildman–Crippen LogP) is 1.72. The lowest BCUT2D eigenvalue weighted by molar-refractivity contribution is -0.0564. The number of nitrogens with zero attached hydrogens (tertiary/aromatic N) is 3. The van der Waals surface area contributed by atoms with Crippen molar-refractivity contribution in [3.63, 3.8) is 0 Å². The van der Waals surface area contributed by atoms with Gasteiger partial charge in [0.2, 0.25) is 5.95 Å². The number of nitrogens with two attached hydrogens (primary N) is 1. The summed E-state index contributed by atoms with van der Waals surface area (Å²) in [5.41, 5.74) is 5.71. The van der Waals surface area contributed by atoms with Gasteiger partial charge in [-0.15, -0.1) is 0 Å². The third-order valence-electron chi connectivity index (χ3n) is 4.53. The van der Waals surface area contributed by atoms with E-state index in [9.17, 15) is 10.2 Å². The van der Waals surface area contributed by atoms with E-state index in [1.165, 1.54) is 22.8 Å². The Balaban J connectivity index is 1.87. The highest BCUT2D eigenvalue weighted by molar-refractivity contribution is 7.08. The fraction of sp³-hybridized carbons (Fsp3) is 0.375. The first-order valence-corrected chi connectivity index (χ1v) is 8.67. The molecule has 0 aromatic carbocycles. The Morgan fingerprint density at radius 2 is 2.24 bits per heavy atom. The first-order chi connectivity index (χ1) is 11.9. The van der Waals surface area contributed by atoms with E-state index in [2.05, 4.69) is 9.97 Å². The number of fused-ring (bicyclic) bond motifs is 1. The fourth-order valence-corrected chi connectivity index (χ4v) is 3.86. The zero-order valence-electron chi connectivity index (χ0n) is 13.3. The second-order valence-corrected chi connectivity index (χ2v) is 6.99. The number of hydrogen-bond acceptors (Lipinski definition) is 7. The van der Waals surface area contributed by atoms with Gasteiger partial charge in [-0.3, -0.25) is 0 Å². The summed E-state index contributed by atoms with van der Waals surface area (Å²) in [7, 11) is 0. The van der Waals surface area contributed by atoms with Crippen LogP contribution in [0.3, 0.4) is 0 Å². The van der Waals surface area contributed by atoms with Gasteiger partial charge in [0.15, 0.2) is 11.9 Å². The van der Waals surface area contributed by atoms with Crippen LogP contribution in [0, 0.1) is 0 Å². The van der Waals surface area contributed by atoms with Gasteiger partial charge in [0, 0.05) is 22.5 Å². The number of nitrogen functional groups attached to an aromatic ring is 1. The van der Waals surface area contributed by atoms with Gasteiger partial charge in [-0.1, -0.05) is 0 Å². The first-order valence-electron chi connectivity index (χ1n) is 7.73. The maximum Gasteiger partial charge on any atom is 0.222 e. The summed E-state index contributed by atoms with van der Waals surface area (Å²) < 4.78 is 22.1. The summed E-state index contributed by atoms with van der Waals surface area (Å²) in [4.78, 5) is 8.54. The van der Waals surface area contributed by atoms with E-state index in [-0.39, 0.29) is 5.95 Å². The number of thiophene rings is 1. The first kappa shape index (κ1) is 16.4. The Hall–Kier alpha value is -2.07. The van der Waals surface area contributed by atoms with Crippen molar-refractivity contribution < 1.29 is 19.3 Å². The predicted molar refractivity (Wildman–Crippen MR) is 91.8 cm³/mol. The van der Waals surface area contributed by atoms with Crippen LogP contribution in [-0.2, 0) is 4.74 Å². The Bertz CT molecular complexity index is 912. The van der Waals surface area contributed by atoms with Crippen LogP contribution in [0.1, 0.15) is 13.2 Å². The molecule has 0 radical (unpaired) electrons. The highest BCUT2D eigenvalue weighted by atomic mass is 32.1. The van der Waals surface area contributed by atoms with Crippen LogP contribution in [0.15, 0.2) is 29.1 Å². The summed E-state index contributed by atoms with van der Waals surface area (Å²) in [6.07, 6.45) is -1.96. The molecule has 1 aliphatic rings. The lowest BCUT2D eigenvalue weighted by Gasteiger charge is -2.25. The number of aromatic nitrogens is 3. The molecule has 1 fully saturated rings. The van der Waals surface area contributed by atoms with Crippen molar-refractivity contribution in [2.24, 2.45) is 0 Å². The minimum absolute atomic E-state index is 0.0615. The third kappa shape index (κ3) is 2.43. The van der Waals surface area contributed by atoms with Crippen molar-refractivity contribution in [1.82, 2.24) is 14.5 Å². The lowest BCUT2D eigenvalue weighted by atomic mass is 9.98. The van der Waals surface area contributed by atoms with Crippen molar-refractivity contribution in [3.8, 4) is 11.3 Å². The highest BCUT2D eigenvalue weighted by Crippen LogP contribution is 2.43. The number of aliphatic hydroxyl groups is 2. The van der Waals surface area contributed by atoms with Crippen LogP contribution in [0.25, 0.3) is 22.3 Å². The molecule has 25 heavy (non-hydrogen) atoms. The number of anilines is 1. The standard InChI is InChI=1S/C16H17FN4O3S/c1-16(17)12(23)10(6-22)24-14(16)21-4-2-9-11(8-3-5-25-7-8)19-15(18)20-13(9)21/h2-5,7,10,12,14,22-23H,6H2,1H3,(H2,18,19,20)/t10?,12?,14?,16-/m1/s1. The average Bonchev–Trinajstić information content (AvgIpc) is 3.28. The Kier molecular flexibility index (Phi) is 3.76. The molecule has 4 heterocycles. The smallest absolute Gasteiger partial charge is 0.222 e. The van der Waals surface area contributed by atoms with E-state index >= 15 is 4.39 Å². The molecule has 0 saturated carbocycles. The molecule has 7 nitrogen and oxygen atoms in total. The molecule has 3 unspecified atom stereocenters. The zero-order chi connectivity index (χ0) is 17.8. The summed E-state index contributed by atoms with van der Waals surface area (Å²) in [5.74, 6) is 0.0615. The number of halogens is 1.